The van der Waals surface area contributed by atoms with Gasteiger partial charge < -0.3 is 5.11 Å². The van der Waals surface area contributed by atoms with E-state index >= 15 is 0 Å². The fraction of sp³-hybridized carbons (Fsp3) is 0.583. The second-order valence-corrected chi connectivity index (χ2v) is 4.16. The van der Waals surface area contributed by atoms with E-state index in [1.165, 1.54) is 4.90 Å². The minimum Gasteiger partial charge on any atom is -0.382 e. The fourth-order valence-corrected chi connectivity index (χ4v) is 1.57. The summed E-state index contributed by atoms with van der Waals surface area (Å²) < 4.78 is 36.8. The van der Waals surface area contributed by atoms with Crippen molar-refractivity contribution in [3.8, 4) is 0 Å². The van der Waals surface area contributed by atoms with Crippen LogP contribution in [-0.4, -0.2) is 40.4 Å². The maximum Gasteiger partial charge on any atom is 0.415 e. The molecule has 18 heavy (non-hydrogen) atoms. The van der Waals surface area contributed by atoms with Gasteiger partial charge in [0, 0.05) is 18.8 Å². The summed E-state index contributed by atoms with van der Waals surface area (Å²) in [6.07, 6.45) is -6.89. The first kappa shape index (κ1) is 14.9. The lowest BCUT2D eigenvalue weighted by atomic mass is 10.2. The van der Waals surface area contributed by atoms with Gasteiger partial charge in [0.15, 0.2) is 6.10 Å². The predicted molar refractivity (Wildman–Crippen MR) is 62.0 cm³/mol. The van der Waals surface area contributed by atoms with E-state index in [1.54, 1.807) is 13.0 Å². The normalized spacial score (nSPS) is 13.9. The molecule has 3 nitrogen and oxygen atoms in total. The van der Waals surface area contributed by atoms with Crippen molar-refractivity contribution in [3.63, 3.8) is 0 Å². The van der Waals surface area contributed by atoms with Crippen LogP contribution in [0.15, 0.2) is 18.2 Å². The van der Waals surface area contributed by atoms with Crippen LogP contribution in [0.5, 0.6) is 0 Å². The second kappa shape index (κ2) is 6.15. The SMILES string of the molecule is CCN(Cc1cccc(C)n1)CC(O)C(F)(F)F. The van der Waals surface area contributed by atoms with Crippen LogP contribution in [0, 0.1) is 6.92 Å². The van der Waals surface area contributed by atoms with Gasteiger partial charge in [0.1, 0.15) is 0 Å². The molecule has 0 radical (unpaired) electrons. The van der Waals surface area contributed by atoms with Crippen LogP contribution < -0.4 is 0 Å². The number of halogens is 3. The van der Waals surface area contributed by atoms with E-state index in [1.807, 2.05) is 19.1 Å². The number of hydrogen-bond donors (Lipinski definition) is 1. The largest absolute Gasteiger partial charge is 0.415 e. The maximum absolute atomic E-state index is 12.3. The summed E-state index contributed by atoms with van der Waals surface area (Å²) in [6.45, 7) is 3.85. The Labute approximate surface area is 104 Å². The third-order valence-corrected chi connectivity index (χ3v) is 2.59. The Kier molecular flexibility index (Phi) is 5.10. The van der Waals surface area contributed by atoms with E-state index in [9.17, 15) is 13.2 Å². The first-order valence-corrected chi connectivity index (χ1v) is 5.72. The van der Waals surface area contributed by atoms with Gasteiger partial charge in [-0.3, -0.25) is 9.88 Å². The topological polar surface area (TPSA) is 36.4 Å². The number of nitrogens with zero attached hydrogens (tertiary/aromatic N) is 2. The minimum atomic E-state index is -4.58. The summed E-state index contributed by atoms with van der Waals surface area (Å²) in [7, 11) is 0. The van der Waals surface area contributed by atoms with Crippen molar-refractivity contribution < 1.29 is 18.3 Å². The molecule has 1 aromatic heterocycles. The zero-order chi connectivity index (χ0) is 13.8. The van der Waals surface area contributed by atoms with Crippen LogP contribution in [0.3, 0.4) is 0 Å². The molecule has 0 spiro atoms. The molecule has 0 aromatic carbocycles. The molecular formula is C12H17F3N2O. The molecule has 6 heteroatoms. The number of hydrogen-bond acceptors (Lipinski definition) is 3. The number of aliphatic hydroxyl groups is 1. The second-order valence-electron chi connectivity index (χ2n) is 4.16. The molecule has 0 saturated carbocycles. The summed E-state index contributed by atoms with van der Waals surface area (Å²) in [4.78, 5) is 5.74. The van der Waals surface area contributed by atoms with E-state index in [-0.39, 0.29) is 0 Å². The third kappa shape index (κ3) is 4.62. The predicted octanol–water partition coefficient (Wildman–Crippen LogP) is 2.14. The number of aryl methyl sites for hydroxylation is 1. The number of alkyl halides is 3. The van der Waals surface area contributed by atoms with Crippen molar-refractivity contribution in [1.29, 1.82) is 0 Å². The van der Waals surface area contributed by atoms with Crippen LogP contribution in [0.1, 0.15) is 18.3 Å². The van der Waals surface area contributed by atoms with Crippen LogP contribution in [0.25, 0.3) is 0 Å². The van der Waals surface area contributed by atoms with Gasteiger partial charge >= 0.3 is 6.18 Å². The summed E-state index contributed by atoms with van der Waals surface area (Å²) in [5.41, 5.74) is 1.52. The van der Waals surface area contributed by atoms with Gasteiger partial charge in [0.25, 0.3) is 0 Å². The van der Waals surface area contributed by atoms with Gasteiger partial charge in [-0.05, 0) is 25.6 Å². The first-order valence-electron chi connectivity index (χ1n) is 5.72. The van der Waals surface area contributed by atoms with Gasteiger partial charge in [-0.1, -0.05) is 13.0 Å². The highest BCUT2D eigenvalue weighted by Gasteiger charge is 2.38. The van der Waals surface area contributed by atoms with E-state index in [0.717, 1.165) is 5.69 Å². The molecule has 102 valence electrons. The molecule has 1 N–H and O–H groups in total. The molecule has 0 aliphatic heterocycles. The Hall–Kier alpha value is -1.14. The Bertz CT molecular complexity index is 382. The van der Waals surface area contributed by atoms with Gasteiger partial charge in [-0.25, -0.2) is 0 Å². The Morgan fingerprint density at radius 1 is 1.39 bits per heavy atom. The highest BCUT2D eigenvalue weighted by molar-refractivity contribution is 5.09. The van der Waals surface area contributed by atoms with Crippen molar-refractivity contribution in [2.75, 3.05) is 13.1 Å². The molecule has 1 heterocycles. The highest BCUT2D eigenvalue weighted by Crippen LogP contribution is 2.21. The average molecular weight is 262 g/mol. The first-order chi connectivity index (χ1) is 8.32. The molecule has 0 aliphatic carbocycles. The number of pyridine rings is 1. The van der Waals surface area contributed by atoms with Gasteiger partial charge in [-0.2, -0.15) is 13.2 Å². The van der Waals surface area contributed by atoms with E-state index in [2.05, 4.69) is 4.98 Å². The van der Waals surface area contributed by atoms with Crippen LogP contribution in [-0.2, 0) is 6.54 Å². The summed E-state index contributed by atoms with van der Waals surface area (Å²) in [5, 5.41) is 9.03. The summed E-state index contributed by atoms with van der Waals surface area (Å²) >= 11 is 0. The van der Waals surface area contributed by atoms with Crippen LogP contribution >= 0.6 is 0 Å². The lowest BCUT2D eigenvalue weighted by Crippen LogP contribution is -2.40. The van der Waals surface area contributed by atoms with Crippen molar-refractivity contribution >= 4 is 0 Å². The fourth-order valence-electron chi connectivity index (χ4n) is 1.57. The zero-order valence-electron chi connectivity index (χ0n) is 10.4. The monoisotopic (exact) mass is 262 g/mol. The zero-order valence-corrected chi connectivity index (χ0v) is 10.4. The smallest absolute Gasteiger partial charge is 0.382 e. The Balaban J connectivity index is 2.63. The van der Waals surface area contributed by atoms with Crippen molar-refractivity contribution in [1.82, 2.24) is 9.88 Å². The lowest BCUT2D eigenvalue weighted by Gasteiger charge is -2.24. The number of rotatable bonds is 5. The van der Waals surface area contributed by atoms with Gasteiger partial charge in [0.05, 0.1) is 5.69 Å². The Morgan fingerprint density at radius 2 is 2.06 bits per heavy atom. The molecule has 0 aliphatic rings. The lowest BCUT2D eigenvalue weighted by molar-refractivity contribution is -0.208. The Morgan fingerprint density at radius 3 is 2.56 bits per heavy atom. The minimum absolute atomic E-state index is 0.297. The van der Waals surface area contributed by atoms with Crippen molar-refractivity contribution in [3.05, 3.63) is 29.6 Å². The molecule has 0 bridgehead atoms. The number of aromatic nitrogens is 1. The van der Waals surface area contributed by atoms with Crippen LogP contribution in [0.4, 0.5) is 13.2 Å². The quantitative estimate of drug-likeness (QED) is 0.883. The van der Waals surface area contributed by atoms with E-state index < -0.39 is 18.8 Å². The summed E-state index contributed by atoms with van der Waals surface area (Å²) in [5.74, 6) is 0. The number of aliphatic hydroxyl groups excluding tert-OH is 1. The maximum atomic E-state index is 12.3. The molecule has 0 fully saturated rings. The van der Waals surface area contributed by atoms with Crippen molar-refractivity contribution in [2.45, 2.75) is 32.7 Å². The number of likely N-dealkylation sites (N-methyl/N-ethyl adjacent to an activating group) is 1. The van der Waals surface area contributed by atoms with Crippen LogP contribution in [0.2, 0.25) is 0 Å². The molecule has 1 atom stereocenters. The molecule has 1 aromatic rings. The molecule has 1 unspecified atom stereocenters. The molecule has 0 amide bonds. The highest BCUT2D eigenvalue weighted by atomic mass is 19.4. The molecule has 0 saturated heterocycles. The average Bonchev–Trinajstić information content (AvgIpc) is 2.26. The van der Waals surface area contributed by atoms with Crippen molar-refractivity contribution in [2.24, 2.45) is 0 Å². The molecular weight excluding hydrogens is 245 g/mol. The molecule has 1 rings (SSSR count). The van der Waals surface area contributed by atoms with Gasteiger partial charge in [-0.15, -0.1) is 0 Å². The van der Waals surface area contributed by atoms with Gasteiger partial charge in [0.2, 0.25) is 0 Å². The third-order valence-electron chi connectivity index (χ3n) is 2.59. The van der Waals surface area contributed by atoms with E-state index in [0.29, 0.717) is 18.8 Å². The standard InChI is InChI=1S/C12H17F3N2O/c1-3-17(8-11(18)12(13,14)15)7-10-6-4-5-9(2)16-10/h4-6,11,18H,3,7-8H2,1-2H3. The summed E-state index contributed by atoms with van der Waals surface area (Å²) in [6, 6.07) is 5.39. The van der Waals surface area contributed by atoms with E-state index in [4.69, 9.17) is 5.11 Å².